The van der Waals surface area contributed by atoms with Crippen molar-refractivity contribution < 1.29 is 14.7 Å². The second-order valence-corrected chi connectivity index (χ2v) is 9.03. The van der Waals surface area contributed by atoms with Crippen LogP contribution in [0.3, 0.4) is 0 Å². The minimum atomic E-state index is -0.948. The maximum absolute atomic E-state index is 11.8. The second-order valence-electron chi connectivity index (χ2n) is 9.03. The number of hydrogen-bond acceptors (Lipinski definition) is 2. The zero-order chi connectivity index (χ0) is 21.7. The number of unbranched alkanes of at least 4 members (excludes halogenated alkanes) is 16. The molecule has 0 aromatic rings. The molecule has 1 atom stereocenters. The Bertz CT molecular complexity index is 396. The van der Waals surface area contributed by atoms with E-state index in [0.717, 1.165) is 12.8 Å². The van der Waals surface area contributed by atoms with Crippen LogP contribution in [0.1, 0.15) is 136 Å². The number of rotatable bonds is 21. The molecule has 0 saturated carbocycles. The number of aliphatic carboxylic acids is 1. The Kier molecular flexibility index (Phi) is 19.5. The molecule has 0 spiro atoms. The summed E-state index contributed by atoms with van der Waals surface area (Å²) < 4.78 is 0. The van der Waals surface area contributed by atoms with E-state index in [4.69, 9.17) is 5.11 Å². The zero-order valence-electron chi connectivity index (χ0n) is 19.6. The van der Waals surface area contributed by atoms with Crippen molar-refractivity contribution in [3.8, 4) is 0 Å². The number of carboxylic acids is 1. The minimum Gasteiger partial charge on any atom is -0.480 e. The molecule has 0 heterocycles. The zero-order valence-corrected chi connectivity index (χ0v) is 19.6. The molecule has 2 N–H and O–H groups in total. The van der Waals surface area contributed by atoms with Gasteiger partial charge in [-0.2, -0.15) is 0 Å². The Morgan fingerprint density at radius 1 is 0.655 bits per heavy atom. The van der Waals surface area contributed by atoms with Gasteiger partial charge in [-0.25, -0.2) is 4.79 Å². The normalized spacial score (nSPS) is 12.3. The van der Waals surface area contributed by atoms with Gasteiger partial charge in [-0.1, -0.05) is 124 Å². The molecule has 0 radical (unpaired) electrons. The van der Waals surface area contributed by atoms with Crippen LogP contribution in [-0.4, -0.2) is 23.0 Å². The number of carboxylic acid groups (broad SMARTS) is 1. The van der Waals surface area contributed by atoms with Gasteiger partial charge in [0, 0.05) is 6.42 Å². The maximum atomic E-state index is 11.8. The smallest absolute Gasteiger partial charge is 0.326 e. The van der Waals surface area contributed by atoms with Crippen LogP contribution in [0, 0.1) is 5.92 Å². The molecule has 172 valence electrons. The molecule has 29 heavy (non-hydrogen) atoms. The molecule has 0 aromatic heterocycles. The first-order chi connectivity index (χ1) is 14.0. The molecule has 0 aromatic carbocycles. The topological polar surface area (TPSA) is 66.4 Å². The molecule has 0 fully saturated rings. The first kappa shape index (κ1) is 27.9. The molecular weight excluding hydrogens is 362 g/mol. The van der Waals surface area contributed by atoms with Crippen molar-refractivity contribution >= 4 is 11.9 Å². The third-order valence-electron chi connectivity index (χ3n) is 5.76. The van der Waals surface area contributed by atoms with E-state index in [1.54, 1.807) is 0 Å². The lowest BCUT2D eigenvalue weighted by Gasteiger charge is -2.17. The lowest BCUT2D eigenvalue weighted by atomic mass is 10.0. The highest BCUT2D eigenvalue weighted by Gasteiger charge is 2.22. The van der Waals surface area contributed by atoms with Crippen molar-refractivity contribution in [2.24, 2.45) is 5.92 Å². The Morgan fingerprint density at radius 2 is 1.00 bits per heavy atom. The Hall–Kier alpha value is -1.06. The summed E-state index contributed by atoms with van der Waals surface area (Å²) in [6.45, 7) is 5.90. The number of hydrogen-bond donors (Lipinski definition) is 2. The summed E-state index contributed by atoms with van der Waals surface area (Å²) >= 11 is 0. The van der Waals surface area contributed by atoms with E-state index in [1.165, 1.54) is 96.3 Å². The highest BCUT2D eigenvalue weighted by molar-refractivity contribution is 5.83. The fraction of sp³-hybridized carbons (Fsp3) is 0.920. The standard InChI is InChI=1S/C25H49NO3/c1-4-5-6-7-8-9-10-11-12-13-14-15-16-17-18-19-20-21-23(27)26-24(22(2)3)25(28)29/h22,24H,4-21H2,1-3H3,(H,26,27)(H,28,29). The van der Waals surface area contributed by atoms with Gasteiger partial charge in [0.05, 0.1) is 0 Å². The summed E-state index contributed by atoms with van der Waals surface area (Å²) in [4.78, 5) is 22.9. The molecule has 0 rings (SSSR count). The number of carbonyl (C=O) groups excluding carboxylic acids is 1. The van der Waals surface area contributed by atoms with E-state index in [1.807, 2.05) is 13.8 Å². The predicted molar refractivity (Wildman–Crippen MR) is 123 cm³/mol. The Balaban J connectivity index is 3.31. The van der Waals surface area contributed by atoms with Crippen LogP contribution in [0.2, 0.25) is 0 Å². The van der Waals surface area contributed by atoms with Crippen molar-refractivity contribution in [1.82, 2.24) is 5.32 Å². The summed E-state index contributed by atoms with van der Waals surface area (Å²) in [5.74, 6) is -1.17. The number of carbonyl (C=O) groups is 2. The van der Waals surface area contributed by atoms with Crippen LogP contribution in [0.25, 0.3) is 0 Å². The Morgan fingerprint density at radius 3 is 1.31 bits per heavy atom. The molecule has 0 saturated heterocycles. The summed E-state index contributed by atoms with van der Waals surface area (Å²) in [7, 11) is 0. The van der Waals surface area contributed by atoms with E-state index >= 15 is 0 Å². The minimum absolute atomic E-state index is 0.0907. The van der Waals surface area contributed by atoms with Crippen LogP contribution in [0.15, 0.2) is 0 Å². The fourth-order valence-electron chi connectivity index (χ4n) is 3.77. The number of amides is 1. The largest absolute Gasteiger partial charge is 0.480 e. The van der Waals surface area contributed by atoms with Crippen molar-refractivity contribution in [3.05, 3.63) is 0 Å². The third-order valence-corrected chi connectivity index (χ3v) is 5.76. The van der Waals surface area contributed by atoms with Crippen LogP contribution in [-0.2, 0) is 9.59 Å². The van der Waals surface area contributed by atoms with Gasteiger partial charge in [0.1, 0.15) is 6.04 Å². The molecule has 1 unspecified atom stereocenters. The highest BCUT2D eigenvalue weighted by atomic mass is 16.4. The lowest BCUT2D eigenvalue weighted by Crippen LogP contribution is -2.44. The first-order valence-electron chi connectivity index (χ1n) is 12.5. The molecule has 0 aliphatic heterocycles. The van der Waals surface area contributed by atoms with E-state index in [0.29, 0.717) is 6.42 Å². The van der Waals surface area contributed by atoms with Crippen molar-refractivity contribution in [2.45, 2.75) is 142 Å². The lowest BCUT2D eigenvalue weighted by molar-refractivity contribution is -0.143. The monoisotopic (exact) mass is 411 g/mol. The van der Waals surface area contributed by atoms with Gasteiger partial charge in [-0.15, -0.1) is 0 Å². The third kappa shape index (κ3) is 18.7. The Labute approximate surface area is 180 Å². The summed E-state index contributed by atoms with van der Waals surface area (Å²) in [5, 5.41) is 11.7. The van der Waals surface area contributed by atoms with Gasteiger partial charge in [0.25, 0.3) is 0 Å². The van der Waals surface area contributed by atoms with Crippen molar-refractivity contribution in [1.29, 1.82) is 0 Å². The van der Waals surface area contributed by atoms with Gasteiger partial charge in [-0.05, 0) is 12.3 Å². The average molecular weight is 412 g/mol. The fourth-order valence-corrected chi connectivity index (χ4v) is 3.77. The highest BCUT2D eigenvalue weighted by Crippen LogP contribution is 2.14. The summed E-state index contributed by atoms with van der Waals surface area (Å²) in [6.07, 6.45) is 22.9. The van der Waals surface area contributed by atoms with E-state index in [-0.39, 0.29) is 11.8 Å². The SMILES string of the molecule is CCCCCCCCCCCCCCCCCCCC(=O)NC(C(=O)O)C(C)C. The van der Waals surface area contributed by atoms with Gasteiger partial charge >= 0.3 is 5.97 Å². The molecule has 0 bridgehead atoms. The maximum Gasteiger partial charge on any atom is 0.326 e. The van der Waals surface area contributed by atoms with E-state index in [2.05, 4.69) is 12.2 Å². The van der Waals surface area contributed by atoms with Crippen molar-refractivity contribution in [2.75, 3.05) is 0 Å². The molecule has 0 aliphatic rings. The molecule has 0 aliphatic carbocycles. The van der Waals surface area contributed by atoms with E-state index < -0.39 is 12.0 Å². The van der Waals surface area contributed by atoms with Gasteiger partial charge in [0.15, 0.2) is 0 Å². The van der Waals surface area contributed by atoms with Crippen LogP contribution >= 0.6 is 0 Å². The summed E-state index contributed by atoms with van der Waals surface area (Å²) in [6, 6.07) is -0.770. The quantitative estimate of drug-likeness (QED) is 0.195. The molecule has 4 nitrogen and oxygen atoms in total. The molecular formula is C25H49NO3. The average Bonchev–Trinajstić information content (AvgIpc) is 2.68. The molecule has 1 amide bonds. The van der Waals surface area contributed by atoms with Crippen LogP contribution in [0.5, 0.6) is 0 Å². The van der Waals surface area contributed by atoms with Gasteiger partial charge in [0.2, 0.25) is 5.91 Å². The van der Waals surface area contributed by atoms with Gasteiger partial charge < -0.3 is 10.4 Å². The van der Waals surface area contributed by atoms with Crippen molar-refractivity contribution in [3.63, 3.8) is 0 Å². The predicted octanol–water partition coefficient (Wildman–Crippen LogP) is 7.25. The van der Waals surface area contributed by atoms with Gasteiger partial charge in [-0.3, -0.25) is 4.79 Å². The first-order valence-corrected chi connectivity index (χ1v) is 12.5. The van der Waals surface area contributed by atoms with E-state index in [9.17, 15) is 9.59 Å². The van der Waals surface area contributed by atoms with Crippen LogP contribution in [0.4, 0.5) is 0 Å². The van der Waals surface area contributed by atoms with Crippen LogP contribution < -0.4 is 5.32 Å². The number of nitrogens with one attached hydrogen (secondary N) is 1. The molecule has 4 heteroatoms. The summed E-state index contributed by atoms with van der Waals surface area (Å²) in [5.41, 5.74) is 0. The second kappa shape index (κ2) is 20.2.